The number of hydrogen-bond acceptors (Lipinski definition) is 5. The van der Waals surface area contributed by atoms with Crippen LogP contribution in [0.5, 0.6) is 5.75 Å². The van der Waals surface area contributed by atoms with Crippen molar-refractivity contribution in [3.63, 3.8) is 0 Å². The van der Waals surface area contributed by atoms with Gasteiger partial charge in [-0.25, -0.2) is 0 Å². The molecule has 0 bridgehead atoms. The van der Waals surface area contributed by atoms with Crippen molar-refractivity contribution >= 4 is 17.7 Å². The normalized spacial score (nSPS) is 20.2. The van der Waals surface area contributed by atoms with E-state index >= 15 is 0 Å². The van der Waals surface area contributed by atoms with Gasteiger partial charge in [0.15, 0.2) is 0 Å². The summed E-state index contributed by atoms with van der Waals surface area (Å²) in [6.07, 6.45) is 4.63. The fourth-order valence-electron chi connectivity index (χ4n) is 3.68. The quantitative estimate of drug-likeness (QED) is 0.652. The summed E-state index contributed by atoms with van der Waals surface area (Å²) in [7, 11) is 1.61. The Labute approximate surface area is 191 Å². The van der Waals surface area contributed by atoms with Crippen molar-refractivity contribution in [2.24, 2.45) is 0 Å². The topological polar surface area (TPSA) is 99.8 Å². The zero-order valence-electron chi connectivity index (χ0n) is 19.7. The largest absolute Gasteiger partial charge is 0.492 e. The molecule has 2 rings (SSSR count). The Kier molecular flexibility index (Phi) is 11.0. The fourth-order valence-corrected chi connectivity index (χ4v) is 3.68. The van der Waals surface area contributed by atoms with Crippen molar-refractivity contribution < 1.29 is 19.1 Å². The van der Waals surface area contributed by atoms with Crippen LogP contribution in [0.15, 0.2) is 18.2 Å². The van der Waals surface area contributed by atoms with Crippen molar-refractivity contribution in [1.29, 1.82) is 0 Å². The van der Waals surface area contributed by atoms with Crippen LogP contribution in [0.2, 0.25) is 0 Å². The van der Waals surface area contributed by atoms with E-state index in [2.05, 4.69) is 48.0 Å². The molecule has 0 fully saturated rings. The summed E-state index contributed by atoms with van der Waals surface area (Å²) in [6.45, 7) is 5.69. The molecular formula is C24H38N4O4. The molecule has 3 N–H and O–H groups in total. The van der Waals surface area contributed by atoms with Gasteiger partial charge in [0.25, 0.3) is 0 Å². The zero-order valence-corrected chi connectivity index (χ0v) is 19.7. The van der Waals surface area contributed by atoms with E-state index in [4.69, 9.17) is 4.74 Å². The summed E-state index contributed by atoms with van der Waals surface area (Å²) in [5.41, 5.74) is 2.33. The number of likely N-dealkylation sites (N-methyl/N-ethyl adjacent to an activating group) is 1. The Morgan fingerprint density at radius 1 is 1.09 bits per heavy atom. The maximum atomic E-state index is 12.6. The van der Waals surface area contributed by atoms with E-state index in [0.29, 0.717) is 26.1 Å². The predicted molar refractivity (Wildman–Crippen MR) is 125 cm³/mol. The maximum Gasteiger partial charge on any atom is 0.240 e. The van der Waals surface area contributed by atoms with Gasteiger partial charge in [0.2, 0.25) is 17.7 Å². The minimum absolute atomic E-state index is 0.0240. The SMILES string of the molecule is CCCC1CC(=O)N(C)CC(=O)NCC(=O)NCCCc2ccc(CC)cc2OCCN1. The fraction of sp³-hybridized carbons (Fsp3) is 0.625. The molecule has 8 nitrogen and oxygen atoms in total. The lowest BCUT2D eigenvalue weighted by molar-refractivity contribution is -0.135. The summed E-state index contributed by atoms with van der Waals surface area (Å²) in [5.74, 6) is 0.191. The summed E-state index contributed by atoms with van der Waals surface area (Å²) >= 11 is 0. The second-order valence-corrected chi connectivity index (χ2v) is 8.27. The number of aryl methyl sites for hydroxylation is 2. The Balaban J connectivity index is 2.10. The van der Waals surface area contributed by atoms with Gasteiger partial charge in [-0.1, -0.05) is 32.4 Å². The van der Waals surface area contributed by atoms with Gasteiger partial charge in [0.1, 0.15) is 12.4 Å². The second-order valence-electron chi connectivity index (χ2n) is 8.27. The molecule has 1 atom stereocenters. The van der Waals surface area contributed by atoms with Crippen LogP contribution in [0.25, 0.3) is 0 Å². The van der Waals surface area contributed by atoms with Crippen molar-refractivity contribution in [2.45, 2.75) is 58.4 Å². The third-order valence-corrected chi connectivity index (χ3v) is 5.59. The van der Waals surface area contributed by atoms with Gasteiger partial charge in [-0.3, -0.25) is 14.4 Å². The first-order valence-electron chi connectivity index (χ1n) is 11.7. The first-order valence-corrected chi connectivity index (χ1v) is 11.7. The van der Waals surface area contributed by atoms with Gasteiger partial charge < -0.3 is 25.6 Å². The molecule has 3 amide bonds. The lowest BCUT2D eigenvalue weighted by Crippen LogP contribution is -2.44. The Morgan fingerprint density at radius 2 is 1.91 bits per heavy atom. The van der Waals surface area contributed by atoms with E-state index in [1.807, 2.05) is 0 Å². The average molecular weight is 447 g/mol. The number of benzene rings is 1. The predicted octanol–water partition coefficient (Wildman–Crippen LogP) is 1.41. The molecule has 32 heavy (non-hydrogen) atoms. The van der Waals surface area contributed by atoms with Crippen LogP contribution in [-0.4, -0.2) is 68.5 Å². The molecule has 8 heteroatoms. The number of amides is 3. The van der Waals surface area contributed by atoms with E-state index in [0.717, 1.165) is 43.4 Å². The molecule has 1 unspecified atom stereocenters. The lowest BCUT2D eigenvalue weighted by Gasteiger charge is -2.22. The third kappa shape index (κ3) is 8.86. The van der Waals surface area contributed by atoms with Gasteiger partial charge in [0, 0.05) is 32.6 Å². The molecule has 0 aliphatic carbocycles. The molecule has 0 spiro atoms. The minimum atomic E-state index is -0.344. The molecular weight excluding hydrogens is 408 g/mol. The number of carbonyl (C=O) groups excluding carboxylic acids is 3. The van der Waals surface area contributed by atoms with Crippen molar-refractivity contribution in [2.75, 3.05) is 39.8 Å². The van der Waals surface area contributed by atoms with Gasteiger partial charge >= 0.3 is 0 Å². The molecule has 1 aromatic rings. The van der Waals surface area contributed by atoms with E-state index in [1.165, 1.54) is 10.5 Å². The minimum Gasteiger partial charge on any atom is -0.492 e. The highest BCUT2D eigenvalue weighted by Gasteiger charge is 2.18. The highest BCUT2D eigenvalue weighted by Crippen LogP contribution is 2.22. The number of nitrogens with one attached hydrogen (secondary N) is 3. The smallest absolute Gasteiger partial charge is 0.240 e. The van der Waals surface area contributed by atoms with Gasteiger partial charge in [-0.15, -0.1) is 0 Å². The number of hydrogen-bond donors (Lipinski definition) is 3. The summed E-state index contributed by atoms with van der Waals surface area (Å²) in [5, 5.41) is 8.84. The Hall–Kier alpha value is -2.61. The van der Waals surface area contributed by atoms with E-state index in [9.17, 15) is 14.4 Å². The maximum absolute atomic E-state index is 12.6. The van der Waals surface area contributed by atoms with Crippen LogP contribution in [0, 0.1) is 0 Å². The zero-order chi connectivity index (χ0) is 23.3. The van der Waals surface area contributed by atoms with Crippen LogP contribution >= 0.6 is 0 Å². The lowest BCUT2D eigenvalue weighted by atomic mass is 10.0. The van der Waals surface area contributed by atoms with Crippen LogP contribution < -0.4 is 20.7 Å². The van der Waals surface area contributed by atoms with Gasteiger partial charge in [-0.2, -0.15) is 0 Å². The van der Waals surface area contributed by atoms with Crippen LogP contribution in [0.3, 0.4) is 0 Å². The molecule has 0 saturated carbocycles. The molecule has 1 aromatic carbocycles. The number of nitrogens with zero attached hydrogens (tertiary/aromatic N) is 1. The summed E-state index contributed by atoms with van der Waals surface area (Å²) in [4.78, 5) is 38.1. The third-order valence-electron chi connectivity index (χ3n) is 5.59. The highest BCUT2D eigenvalue weighted by molar-refractivity contribution is 5.88. The molecule has 0 saturated heterocycles. The van der Waals surface area contributed by atoms with Crippen LogP contribution in [0.4, 0.5) is 0 Å². The van der Waals surface area contributed by atoms with Gasteiger partial charge in [-0.05, 0) is 42.9 Å². The summed E-state index contributed by atoms with van der Waals surface area (Å²) < 4.78 is 6.11. The Morgan fingerprint density at radius 3 is 2.66 bits per heavy atom. The second kappa shape index (κ2) is 13.7. The number of rotatable bonds is 3. The van der Waals surface area contributed by atoms with E-state index in [-0.39, 0.29) is 36.9 Å². The number of carbonyl (C=O) groups is 3. The molecule has 1 heterocycles. The molecule has 1 aliphatic rings. The molecule has 178 valence electrons. The average Bonchev–Trinajstić information content (AvgIpc) is 2.78. The van der Waals surface area contributed by atoms with Crippen molar-refractivity contribution in [3.8, 4) is 5.75 Å². The van der Waals surface area contributed by atoms with Crippen LogP contribution in [-0.2, 0) is 27.2 Å². The molecule has 0 aromatic heterocycles. The van der Waals surface area contributed by atoms with E-state index in [1.54, 1.807) is 7.05 Å². The molecule has 0 radical (unpaired) electrons. The standard InChI is InChI=1S/C24H38N4O4/c1-4-7-20-15-24(31)28(3)17-23(30)27-16-22(29)26-11-6-8-19-10-9-18(5-2)14-21(19)32-13-12-25-20/h9-10,14,20,25H,4-8,11-13,15-17H2,1-3H3,(H,26,29)(H,27,30). The van der Waals surface area contributed by atoms with Crippen molar-refractivity contribution in [3.05, 3.63) is 29.3 Å². The summed E-state index contributed by atoms with van der Waals surface area (Å²) in [6, 6.07) is 6.33. The van der Waals surface area contributed by atoms with Crippen molar-refractivity contribution in [1.82, 2.24) is 20.9 Å². The van der Waals surface area contributed by atoms with Crippen LogP contribution in [0.1, 0.15) is 50.7 Å². The van der Waals surface area contributed by atoms with Gasteiger partial charge in [0.05, 0.1) is 13.1 Å². The van der Waals surface area contributed by atoms with E-state index < -0.39 is 0 Å². The number of ether oxygens (including phenoxy) is 1. The Bertz CT molecular complexity index is 768. The molecule has 1 aliphatic heterocycles. The number of fused-ring (bicyclic) bond motifs is 1. The first-order chi connectivity index (χ1) is 15.4. The monoisotopic (exact) mass is 446 g/mol. The highest BCUT2D eigenvalue weighted by atomic mass is 16.5. The first kappa shape index (κ1) is 25.6.